The lowest BCUT2D eigenvalue weighted by molar-refractivity contribution is 0.00578. The third-order valence-corrected chi connectivity index (χ3v) is 26.7. The number of para-hydroxylation sites is 12. The van der Waals surface area contributed by atoms with Gasteiger partial charge >= 0.3 is 28.3 Å². The van der Waals surface area contributed by atoms with Crippen molar-refractivity contribution in [2.24, 2.45) is 0 Å². The van der Waals surface area contributed by atoms with Crippen molar-refractivity contribution in [3.05, 3.63) is 333 Å². The Morgan fingerprint density at radius 3 is 0.806 bits per heavy atom. The lowest BCUT2D eigenvalue weighted by atomic mass is 9.49. The van der Waals surface area contributed by atoms with E-state index in [1.165, 1.54) is 25.8 Å². The van der Waals surface area contributed by atoms with Gasteiger partial charge in [0.1, 0.15) is 17.3 Å². The largest absolute Gasteiger partial charge is 0.533 e. The molecule has 0 saturated carbocycles. The fourth-order valence-electron chi connectivity index (χ4n) is 14.6. The third kappa shape index (κ3) is 19.2. The van der Waals surface area contributed by atoms with Gasteiger partial charge < -0.3 is 37.2 Å². The van der Waals surface area contributed by atoms with Gasteiger partial charge in [0, 0.05) is 40.8 Å². The molecule has 0 N–H and O–H groups in total. The second kappa shape index (κ2) is 36.5. The highest BCUT2D eigenvalue weighted by Gasteiger charge is 2.64. The Labute approximate surface area is 767 Å². The first-order valence-corrected chi connectivity index (χ1v) is 45.1. The molecule has 628 valence electrons. The molecule has 4 fully saturated rings. The number of halogens is 4. The molecule has 16 nitrogen and oxygen atoms in total. The molecule has 0 atom stereocenters. The average Bonchev–Trinajstić information content (AvgIpc) is 1.58. The van der Waals surface area contributed by atoms with Crippen molar-refractivity contribution in [3.8, 4) is 56.4 Å². The van der Waals surface area contributed by atoms with Gasteiger partial charge in [-0.25, -0.2) is 19.9 Å². The maximum absolute atomic E-state index is 6.24. The number of imidazole rings is 4. The predicted molar refractivity (Wildman–Crippen MR) is 526 cm³/mol. The third-order valence-electron chi connectivity index (χ3n) is 24.3. The highest BCUT2D eigenvalue weighted by Crippen LogP contribution is 2.45. The van der Waals surface area contributed by atoms with E-state index in [4.69, 9.17) is 52.2 Å². The van der Waals surface area contributed by atoms with Crippen molar-refractivity contribution in [2.75, 3.05) is 0 Å². The predicted octanol–water partition coefficient (Wildman–Crippen LogP) is 24.5. The number of nitrogens with zero attached hydrogens (tertiary/aromatic N) is 8. The van der Waals surface area contributed by atoms with Gasteiger partial charge in [0.15, 0.2) is 4.73 Å². The summed E-state index contributed by atoms with van der Waals surface area (Å²) in [4.78, 5) is 19.0. The van der Waals surface area contributed by atoms with Crippen LogP contribution in [0, 0.1) is 3.57 Å². The van der Waals surface area contributed by atoms with Gasteiger partial charge in [-0.2, -0.15) is 0 Å². The molecule has 4 aliphatic rings. The molecule has 0 aliphatic carbocycles. The quantitative estimate of drug-likeness (QED) is 0.0949. The highest BCUT2D eigenvalue weighted by atomic mass is 127. The van der Waals surface area contributed by atoms with Crippen LogP contribution in [0.4, 0.5) is 0 Å². The summed E-state index contributed by atoms with van der Waals surface area (Å²) in [7, 11) is -1.95. The second-order valence-corrected chi connectivity index (χ2v) is 38.7. The normalized spacial score (nSPS) is 17.1. The monoisotopic (exact) mass is 1950 g/mol. The fraction of sp³-hybridized carbons (Fsp3) is 0.240. The number of hydrogen-bond donors (Lipinski definition) is 0. The van der Waals surface area contributed by atoms with Gasteiger partial charge in [-0.05, 0) is 305 Å². The van der Waals surface area contributed by atoms with Crippen molar-refractivity contribution in [2.45, 2.75) is 156 Å². The topological polar surface area (TPSA) is 145 Å². The van der Waals surface area contributed by atoms with Crippen molar-refractivity contribution >= 4 is 154 Å². The van der Waals surface area contributed by atoms with E-state index in [0.717, 1.165) is 103 Å². The van der Waals surface area contributed by atoms with Gasteiger partial charge in [-0.1, -0.05) is 214 Å². The molecule has 12 aromatic carbocycles. The van der Waals surface area contributed by atoms with E-state index in [1.54, 1.807) is 0 Å². The van der Waals surface area contributed by atoms with Gasteiger partial charge in [-0.15, -0.1) is 0 Å². The minimum atomic E-state index is -0.498. The number of fused-ring (bicyclic) bond motifs is 4. The number of benzene rings is 12. The van der Waals surface area contributed by atoms with Crippen LogP contribution in [0.25, 0.3) is 101 Å². The maximum atomic E-state index is 6.24. The molecule has 124 heavy (non-hydrogen) atoms. The molecule has 4 aliphatic heterocycles. The first kappa shape index (κ1) is 89.5. The molecule has 24 heteroatoms. The van der Waals surface area contributed by atoms with Crippen LogP contribution in [0.1, 0.15) is 111 Å². The Balaban J connectivity index is 0.000000117. The van der Waals surface area contributed by atoms with Gasteiger partial charge in [0.05, 0.1) is 88.9 Å². The summed E-state index contributed by atoms with van der Waals surface area (Å²) < 4.78 is 61.7. The van der Waals surface area contributed by atoms with Crippen LogP contribution in [-0.2, 0) is 37.2 Å². The average molecular weight is 1950 g/mol. The number of rotatable bonds is 10. The van der Waals surface area contributed by atoms with Gasteiger partial charge in [0.2, 0.25) is 0 Å². The smallest absolute Gasteiger partial charge is 0.405 e. The zero-order valence-corrected chi connectivity index (χ0v) is 79.6. The van der Waals surface area contributed by atoms with E-state index in [9.17, 15) is 0 Å². The molecule has 4 aromatic heterocycles. The minimum absolute atomic E-state index is 0.360. The summed E-state index contributed by atoms with van der Waals surface area (Å²) in [5.41, 5.74) is 17.1. The van der Waals surface area contributed by atoms with Gasteiger partial charge in [-0.3, -0.25) is 18.3 Å². The van der Waals surface area contributed by atoms with E-state index in [-0.39, 0.29) is 22.4 Å². The van der Waals surface area contributed by atoms with Crippen LogP contribution in [0.2, 0.25) is 0 Å². The van der Waals surface area contributed by atoms with Crippen LogP contribution in [-0.4, -0.2) is 111 Å². The summed E-state index contributed by atoms with van der Waals surface area (Å²) in [6.07, 6.45) is 0. The summed E-state index contributed by atoms with van der Waals surface area (Å²) >= 11 is 12.7. The molecule has 8 heterocycles. The summed E-state index contributed by atoms with van der Waals surface area (Å²) in [5.74, 6) is 0.953. The highest BCUT2D eigenvalue weighted by molar-refractivity contribution is 14.1. The second-order valence-electron chi connectivity index (χ2n) is 34.9. The van der Waals surface area contributed by atoms with E-state index < -0.39 is 50.7 Å². The summed E-state index contributed by atoms with van der Waals surface area (Å²) in [6, 6.07) is 108. The first-order valence-electron chi connectivity index (χ1n) is 41.6. The Morgan fingerprint density at radius 2 is 0.476 bits per heavy atom. The molecule has 0 unspecified atom stereocenters. The van der Waals surface area contributed by atoms with Crippen LogP contribution in [0.3, 0.4) is 0 Å². The molecule has 0 bridgehead atoms. The number of aromatic nitrogens is 8. The van der Waals surface area contributed by atoms with Crippen LogP contribution in [0.5, 0.6) is 0 Å². The Hall–Kier alpha value is -9.37. The lowest BCUT2D eigenvalue weighted by Gasteiger charge is -2.32. The summed E-state index contributed by atoms with van der Waals surface area (Å²) in [6.45, 7) is 32.7. The van der Waals surface area contributed by atoms with Crippen LogP contribution >= 0.6 is 70.4 Å². The molecule has 0 amide bonds. The minimum Gasteiger partial charge on any atom is -0.405 e. The SMILES string of the molecule is Brc1ccc(-c2ccc(-c3nc4ccccc4n3-c3ccccc3)cc2)cc1.Brc1ccc(-c2ccc(I)cc2)cc1.Brc1nc2ccccc2n1-c1ccccc1.CC1(C)OB(B2OC(C)(C)C(C)(C)O2)OC1(C)C.CC1(C)OB(c2nc3ccccc3n2-c2ccccc2)OC1(C)C.CC1(C)OB(c2nc3ccccc3n2-c2ccccc2)OC1(C)C. The molecule has 0 radical (unpaired) electrons. The van der Waals surface area contributed by atoms with E-state index in [2.05, 4.69) is 343 Å². The zero-order chi connectivity index (χ0) is 87.7. The van der Waals surface area contributed by atoms with Crippen LogP contribution in [0.15, 0.2) is 329 Å². The standard InChI is InChI=1S/C25H17BrN2.2C19H21BN2O2.C13H9BrN2.C12H24B2O4.C12H8BrI/c26-21-16-14-19(15-17-21)18-10-12-20(13-11-18)25-27-23-8-4-5-9-24(23)28(25)22-6-2-1-3-7-22;2*1-18(2)19(3,4)24-20(23-18)17-21-15-12-8-9-13-16(15)22(17)14-10-6-5-7-11-14;14-13-15-11-8-4-5-9-12(11)16(13)10-6-2-1-3-7-10;1-9(2)10(3,4)16-13(15-9)14-17-11(5,6)12(7,8)18-14;13-11-5-1-9(2-6-11)10-3-7-12(14)8-4-10/h1-17H;2*5-13H,1-4H3;1-9H;1-8H3;1-8H. The van der Waals surface area contributed by atoms with Crippen molar-refractivity contribution in [1.82, 2.24) is 38.2 Å². The van der Waals surface area contributed by atoms with Crippen molar-refractivity contribution in [1.29, 1.82) is 0 Å². The van der Waals surface area contributed by atoms with E-state index in [0.29, 0.717) is 0 Å². The number of hydrogen-bond acceptors (Lipinski definition) is 12. The van der Waals surface area contributed by atoms with Gasteiger partial charge in [0.25, 0.3) is 0 Å². The maximum Gasteiger partial charge on any atom is 0.533 e. The molecular weight excluding hydrogens is 1850 g/mol. The zero-order valence-electron chi connectivity index (χ0n) is 72.7. The van der Waals surface area contributed by atoms with Crippen LogP contribution < -0.4 is 11.4 Å². The lowest BCUT2D eigenvalue weighted by Crippen LogP contribution is -2.41. The fourth-order valence-corrected chi connectivity index (χ4v) is 16.1. The molecule has 16 aromatic rings. The van der Waals surface area contributed by atoms with Crippen molar-refractivity contribution < 1.29 is 37.2 Å². The molecule has 20 rings (SSSR count). The Morgan fingerprint density at radius 1 is 0.242 bits per heavy atom. The summed E-state index contributed by atoms with van der Waals surface area (Å²) in [5, 5.41) is 0. The van der Waals surface area contributed by atoms with E-state index >= 15 is 0 Å². The molecule has 0 spiro atoms. The van der Waals surface area contributed by atoms with Crippen molar-refractivity contribution in [3.63, 3.8) is 0 Å². The Kier molecular flexibility index (Phi) is 26.4. The first-order chi connectivity index (χ1) is 59.1. The Bertz CT molecular complexity index is 6070. The van der Waals surface area contributed by atoms with E-state index in [1.807, 2.05) is 177 Å². The molecule has 4 saturated heterocycles. The molecular formula is C100H100B4Br3IN8O8.